The summed E-state index contributed by atoms with van der Waals surface area (Å²) in [5.41, 5.74) is 1.24. The van der Waals surface area contributed by atoms with Gasteiger partial charge in [0.05, 0.1) is 10.4 Å². The van der Waals surface area contributed by atoms with Crippen LogP contribution in [-0.2, 0) is 0 Å². The molecule has 0 saturated carbocycles. The third-order valence-electron chi connectivity index (χ3n) is 5.31. The molecule has 1 aromatic heterocycles. The van der Waals surface area contributed by atoms with Crippen molar-refractivity contribution >= 4 is 39.6 Å². The molecule has 1 aliphatic rings. The molecule has 5 heteroatoms. The fourth-order valence-electron chi connectivity index (χ4n) is 3.77. The van der Waals surface area contributed by atoms with E-state index in [1.54, 1.807) is 16.3 Å². The number of carbonyl (C=O) groups is 3. The van der Waals surface area contributed by atoms with Crippen molar-refractivity contribution in [2.75, 3.05) is 13.1 Å². The maximum Gasteiger partial charge on any atom is 0.254 e. The van der Waals surface area contributed by atoms with Crippen molar-refractivity contribution in [1.29, 1.82) is 0 Å². The Morgan fingerprint density at radius 1 is 1.00 bits per heavy atom. The van der Waals surface area contributed by atoms with Crippen molar-refractivity contribution in [3.05, 3.63) is 69.9 Å². The van der Waals surface area contributed by atoms with Crippen molar-refractivity contribution in [1.82, 2.24) is 4.90 Å². The normalized spacial score (nSPS) is 16.9. The molecular formula is C23H21NO3S. The Bertz CT molecular complexity index is 1070. The van der Waals surface area contributed by atoms with Gasteiger partial charge in [-0.05, 0) is 42.7 Å². The Kier molecular flexibility index (Phi) is 5.09. The number of fused-ring (bicyclic) bond motifs is 1. The second-order valence-corrected chi connectivity index (χ2v) is 8.18. The lowest BCUT2D eigenvalue weighted by Gasteiger charge is -2.32. The smallest absolute Gasteiger partial charge is 0.254 e. The largest absolute Gasteiger partial charge is 0.338 e. The van der Waals surface area contributed by atoms with E-state index >= 15 is 0 Å². The highest BCUT2D eigenvalue weighted by Gasteiger charge is 2.30. The molecule has 28 heavy (non-hydrogen) atoms. The maximum absolute atomic E-state index is 13.1. The van der Waals surface area contributed by atoms with Gasteiger partial charge in [-0.2, -0.15) is 0 Å². The van der Waals surface area contributed by atoms with Gasteiger partial charge in [0.2, 0.25) is 0 Å². The Labute approximate surface area is 167 Å². The highest BCUT2D eigenvalue weighted by molar-refractivity contribution is 7.12. The van der Waals surface area contributed by atoms with E-state index in [-0.39, 0.29) is 23.4 Å². The summed E-state index contributed by atoms with van der Waals surface area (Å²) in [6.07, 6.45) is 1.59. The summed E-state index contributed by atoms with van der Waals surface area (Å²) in [6.45, 7) is 2.57. The van der Waals surface area contributed by atoms with Gasteiger partial charge >= 0.3 is 0 Å². The topological polar surface area (TPSA) is 54.5 Å². The number of hydrogen-bond donors (Lipinski definition) is 0. The van der Waals surface area contributed by atoms with Gasteiger partial charge in [-0.1, -0.05) is 36.4 Å². The molecule has 1 saturated heterocycles. The number of likely N-dealkylation sites (tertiary alicyclic amines) is 1. The Hall–Kier alpha value is -2.79. The number of amides is 1. The zero-order valence-corrected chi connectivity index (χ0v) is 16.5. The van der Waals surface area contributed by atoms with Gasteiger partial charge in [-0.25, -0.2) is 0 Å². The molecule has 1 fully saturated rings. The summed E-state index contributed by atoms with van der Waals surface area (Å²) in [4.78, 5) is 39.7. The van der Waals surface area contributed by atoms with E-state index in [4.69, 9.17) is 0 Å². The van der Waals surface area contributed by atoms with Gasteiger partial charge in [0.15, 0.2) is 11.6 Å². The van der Waals surface area contributed by atoms with Crippen LogP contribution in [0.15, 0.2) is 53.9 Å². The highest BCUT2D eigenvalue weighted by atomic mass is 32.1. The summed E-state index contributed by atoms with van der Waals surface area (Å²) < 4.78 is 0. The van der Waals surface area contributed by atoms with Gasteiger partial charge in [0, 0.05) is 30.0 Å². The summed E-state index contributed by atoms with van der Waals surface area (Å²) in [7, 11) is 0. The first kappa shape index (κ1) is 18.6. The second-order valence-electron chi connectivity index (χ2n) is 7.27. The van der Waals surface area contributed by atoms with Crippen LogP contribution in [0.5, 0.6) is 0 Å². The van der Waals surface area contributed by atoms with Crippen LogP contribution >= 0.6 is 11.3 Å². The molecule has 0 radical (unpaired) electrons. The van der Waals surface area contributed by atoms with Crippen LogP contribution in [0.3, 0.4) is 0 Å². The molecular weight excluding hydrogens is 370 g/mol. The molecule has 4 nitrogen and oxygen atoms in total. The lowest BCUT2D eigenvalue weighted by Crippen LogP contribution is -2.42. The van der Waals surface area contributed by atoms with E-state index in [2.05, 4.69) is 0 Å². The van der Waals surface area contributed by atoms with Crippen LogP contribution in [0.25, 0.3) is 10.8 Å². The fourth-order valence-corrected chi connectivity index (χ4v) is 4.55. The highest BCUT2D eigenvalue weighted by Crippen LogP contribution is 2.25. The first-order valence-corrected chi connectivity index (χ1v) is 10.3. The van der Waals surface area contributed by atoms with Crippen LogP contribution in [-0.4, -0.2) is 35.5 Å². The summed E-state index contributed by atoms with van der Waals surface area (Å²) >= 11 is 1.29. The van der Waals surface area contributed by atoms with Crippen LogP contribution < -0.4 is 0 Å². The zero-order chi connectivity index (χ0) is 19.7. The molecule has 1 aliphatic heterocycles. The number of hydrogen-bond acceptors (Lipinski definition) is 4. The van der Waals surface area contributed by atoms with Gasteiger partial charge in [0.1, 0.15) is 0 Å². The molecule has 0 unspecified atom stereocenters. The van der Waals surface area contributed by atoms with Crippen LogP contribution in [0.1, 0.15) is 50.2 Å². The second kappa shape index (κ2) is 7.68. The molecule has 0 bridgehead atoms. The van der Waals surface area contributed by atoms with Crippen LogP contribution in [0.2, 0.25) is 0 Å². The number of benzene rings is 2. The van der Waals surface area contributed by atoms with E-state index in [0.717, 1.165) is 23.6 Å². The van der Waals surface area contributed by atoms with Gasteiger partial charge in [-0.15, -0.1) is 11.3 Å². The molecule has 2 aromatic carbocycles. The van der Waals surface area contributed by atoms with Gasteiger partial charge < -0.3 is 4.90 Å². The molecule has 0 aliphatic carbocycles. The van der Waals surface area contributed by atoms with Crippen molar-refractivity contribution < 1.29 is 14.4 Å². The third kappa shape index (κ3) is 3.62. The minimum absolute atomic E-state index is 0.0351. The Morgan fingerprint density at radius 3 is 2.54 bits per heavy atom. The molecule has 142 valence electrons. The number of Topliss-reactive ketones (excluding diaryl/α,β-unsaturated/α-hetero) is 2. The first-order valence-electron chi connectivity index (χ1n) is 9.44. The van der Waals surface area contributed by atoms with Crippen LogP contribution in [0.4, 0.5) is 0 Å². The lowest BCUT2D eigenvalue weighted by molar-refractivity contribution is 0.0637. The van der Waals surface area contributed by atoms with Gasteiger partial charge in [0.25, 0.3) is 5.91 Å². The number of ketones is 2. The summed E-state index contributed by atoms with van der Waals surface area (Å²) in [6, 6.07) is 15.4. The average Bonchev–Trinajstić information content (AvgIpc) is 3.23. The van der Waals surface area contributed by atoms with Crippen molar-refractivity contribution in [2.24, 2.45) is 5.92 Å². The molecule has 2 heterocycles. The number of nitrogens with zero attached hydrogens (tertiary/aromatic N) is 1. The van der Waals surface area contributed by atoms with Crippen molar-refractivity contribution in [3.63, 3.8) is 0 Å². The molecule has 4 rings (SSSR count). The summed E-state index contributed by atoms with van der Waals surface area (Å²) in [5, 5.41) is 3.89. The number of thiophene rings is 1. The van der Waals surface area contributed by atoms with E-state index < -0.39 is 0 Å². The van der Waals surface area contributed by atoms with Crippen molar-refractivity contribution in [3.8, 4) is 0 Å². The van der Waals surface area contributed by atoms with E-state index in [0.29, 0.717) is 29.1 Å². The zero-order valence-electron chi connectivity index (χ0n) is 15.7. The lowest BCUT2D eigenvalue weighted by atomic mass is 9.89. The Balaban J connectivity index is 1.51. The molecule has 3 aromatic rings. The predicted molar refractivity (Wildman–Crippen MR) is 111 cm³/mol. The minimum atomic E-state index is -0.190. The number of rotatable bonds is 4. The molecule has 0 spiro atoms. The van der Waals surface area contributed by atoms with Crippen molar-refractivity contribution in [2.45, 2.75) is 19.8 Å². The quantitative estimate of drug-likeness (QED) is 0.598. The molecule has 1 amide bonds. The van der Waals surface area contributed by atoms with E-state index in [1.807, 2.05) is 42.5 Å². The standard InChI is InChI=1S/C23H21NO3S/c1-15(25)21-12-20(14-28-21)23(27)24-10-4-7-19(13-24)22(26)18-9-8-16-5-2-3-6-17(16)11-18/h2-3,5-6,8-9,11-12,14,19H,4,7,10,13H2,1H3/t19-/m1/s1. The maximum atomic E-state index is 13.1. The van der Waals surface area contributed by atoms with E-state index in [9.17, 15) is 14.4 Å². The SMILES string of the molecule is CC(=O)c1cc(C(=O)N2CCC[C@@H](C(=O)c3ccc4ccccc4c3)C2)cs1. The average molecular weight is 391 g/mol. The van der Waals surface area contributed by atoms with E-state index in [1.165, 1.54) is 18.3 Å². The monoisotopic (exact) mass is 391 g/mol. The minimum Gasteiger partial charge on any atom is -0.338 e. The third-order valence-corrected chi connectivity index (χ3v) is 6.34. The fraction of sp³-hybridized carbons (Fsp3) is 0.261. The molecule has 0 N–H and O–H groups in total. The number of carbonyl (C=O) groups excluding carboxylic acids is 3. The van der Waals surface area contributed by atoms with Crippen LogP contribution in [0, 0.1) is 5.92 Å². The summed E-state index contributed by atoms with van der Waals surface area (Å²) in [5.74, 6) is -0.227. The molecule has 1 atom stereocenters. The Morgan fingerprint density at radius 2 is 1.79 bits per heavy atom. The number of piperidine rings is 1. The first-order chi connectivity index (χ1) is 13.5. The van der Waals surface area contributed by atoms with Gasteiger partial charge in [-0.3, -0.25) is 14.4 Å². The predicted octanol–water partition coefficient (Wildman–Crippen LogP) is 4.84.